The van der Waals surface area contributed by atoms with E-state index in [1.807, 2.05) is 0 Å². The van der Waals surface area contributed by atoms with Crippen LogP contribution in [0.1, 0.15) is 44.9 Å². The van der Waals surface area contributed by atoms with E-state index in [0.29, 0.717) is 23.7 Å². The topological polar surface area (TPSA) is 67.9 Å². The van der Waals surface area contributed by atoms with Gasteiger partial charge in [0.2, 0.25) is 11.8 Å². The molecule has 1 heterocycles. The summed E-state index contributed by atoms with van der Waals surface area (Å²) in [6.07, 6.45) is 7.15. The Bertz CT molecular complexity index is 653. The summed E-state index contributed by atoms with van der Waals surface area (Å²) in [5.41, 5.74) is 0.654. The van der Waals surface area contributed by atoms with Crippen molar-refractivity contribution >= 4 is 17.5 Å². The van der Waals surface area contributed by atoms with Gasteiger partial charge in [-0.1, -0.05) is 25.7 Å². The van der Waals surface area contributed by atoms with Gasteiger partial charge in [-0.3, -0.25) is 9.59 Å². The maximum absolute atomic E-state index is 12.7. The lowest BCUT2D eigenvalue weighted by Gasteiger charge is -2.21. The minimum Gasteiger partial charge on any atom is -0.497 e. The molecule has 0 unspecified atom stereocenters. The van der Waals surface area contributed by atoms with E-state index < -0.39 is 0 Å². The number of nitrogens with one attached hydrogen (secondary N) is 1. The van der Waals surface area contributed by atoms with Crippen LogP contribution in [0.2, 0.25) is 0 Å². The van der Waals surface area contributed by atoms with E-state index in [2.05, 4.69) is 5.32 Å². The van der Waals surface area contributed by atoms with Crippen LogP contribution in [0.15, 0.2) is 18.2 Å². The molecule has 0 bridgehead atoms. The predicted octanol–water partition coefficient (Wildman–Crippen LogP) is 2.90. The van der Waals surface area contributed by atoms with Gasteiger partial charge in [0.05, 0.1) is 25.8 Å². The van der Waals surface area contributed by atoms with Crippen LogP contribution in [0.25, 0.3) is 0 Å². The average molecular weight is 360 g/mol. The molecule has 2 aliphatic rings. The zero-order chi connectivity index (χ0) is 18.5. The Morgan fingerprint density at radius 2 is 1.85 bits per heavy atom. The third kappa shape index (κ3) is 4.11. The van der Waals surface area contributed by atoms with Crippen LogP contribution < -0.4 is 19.7 Å². The maximum Gasteiger partial charge on any atom is 0.227 e. The molecule has 1 aromatic carbocycles. The van der Waals surface area contributed by atoms with E-state index in [1.165, 1.54) is 25.7 Å². The number of methoxy groups -OCH3 is 2. The minimum atomic E-state index is -0.318. The molecule has 3 rings (SSSR count). The molecule has 1 saturated heterocycles. The van der Waals surface area contributed by atoms with Crippen molar-refractivity contribution in [1.29, 1.82) is 0 Å². The van der Waals surface area contributed by atoms with Crippen molar-refractivity contribution in [3.63, 3.8) is 0 Å². The fourth-order valence-corrected chi connectivity index (χ4v) is 3.87. The number of hydrogen-bond donors (Lipinski definition) is 1. The van der Waals surface area contributed by atoms with Gasteiger partial charge in [-0.05, 0) is 25.0 Å². The Morgan fingerprint density at radius 1 is 1.12 bits per heavy atom. The van der Waals surface area contributed by atoms with Crippen LogP contribution in [0.3, 0.4) is 0 Å². The molecule has 2 amide bonds. The van der Waals surface area contributed by atoms with Gasteiger partial charge in [-0.15, -0.1) is 0 Å². The molecule has 0 aromatic heterocycles. The lowest BCUT2D eigenvalue weighted by atomic mass is 10.0. The van der Waals surface area contributed by atoms with Crippen molar-refractivity contribution in [3.05, 3.63) is 18.2 Å². The summed E-state index contributed by atoms with van der Waals surface area (Å²) in [6, 6.07) is 5.60. The van der Waals surface area contributed by atoms with Crippen molar-refractivity contribution in [2.24, 2.45) is 5.92 Å². The minimum absolute atomic E-state index is 0.00499. The fraction of sp³-hybridized carbons (Fsp3) is 0.600. The van der Waals surface area contributed by atoms with Crippen molar-refractivity contribution in [2.75, 3.05) is 25.7 Å². The number of rotatable bonds is 5. The second kappa shape index (κ2) is 8.43. The number of amides is 2. The van der Waals surface area contributed by atoms with Crippen LogP contribution in [0.4, 0.5) is 5.69 Å². The molecule has 1 saturated carbocycles. The number of carbonyl (C=O) groups is 2. The Morgan fingerprint density at radius 3 is 2.50 bits per heavy atom. The summed E-state index contributed by atoms with van der Waals surface area (Å²) in [7, 11) is 3.16. The molecule has 2 fully saturated rings. The first kappa shape index (κ1) is 18.5. The first-order chi connectivity index (χ1) is 12.6. The predicted molar refractivity (Wildman–Crippen MR) is 99.6 cm³/mol. The molecule has 6 heteroatoms. The van der Waals surface area contributed by atoms with Crippen LogP contribution >= 0.6 is 0 Å². The van der Waals surface area contributed by atoms with Crippen LogP contribution in [-0.2, 0) is 9.59 Å². The molecule has 1 aliphatic heterocycles. The number of hydrogen-bond acceptors (Lipinski definition) is 4. The van der Waals surface area contributed by atoms with E-state index in [4.69, 9.17) is 9.47 Å². The van der Waals surface area contributed by atoms with Crippen LogP contribution in [-0.4, -0.2) is 38.6 Å². The highest BCUT2D eigenvalue weighted by Crippen LogP contribution is 2.36. The monoisotopic (exact) mass is 360 g/mol. The van der Waals surface area contributed by atoms with E-state index >= 15 is 0 Å². The summed E-state index contributed by atoms with van der Waals surface area (Å²) in [4.78, 5) is 26.9. The number of ether oxygens (including phenoxy) is 2. The van der Waals surface area contributed by atoms with Crippen molar-refractivity contribution in [3.8, 4) is 11.5 Å². The smallest absolute Gasteiger partial charge is 0.227 e. The second-order valence-corrected chi connectivity index (χ2v) is 7.14. The lowest BCUT2D eigenvalue weighted by Crippen LogP contribution is -2.39. The average Bonchev–Trinajstić information content (AvgIpc) is 2.87. The largest absolute Gasteiger partial charge is 0.497 e. The number of carbonyl (C=O) groups excluding carboxylic acids is 2. The standard InChI is InChI=1S/C20H28N2O4/c1-25-16-9-10-18(26-2)17(12-16)22-13-14(11-19(22)23)20(24)21-15-7-5-3-4-6-8-15/h9-10,12,14-15H,3-8,11,13H2,1-2H3,(H,21,24)/t14-/m1/s1. The molecule has 1 aliphatic carbocycles. The molecule has 142 valence electrons. The zero-order valence-corrected chi connectivity index (χ0v) is 15.6. The number of benzene rings is 1. The summed E-state index contributed by atoms with van der Waals surface area (Å²) in [6.45, 7) is 0.376. The van der Waals surface area contributed by atoms with Gasteiger partial charge in [-0.2, -0.15) is 0 Å². The summed E-state index contributed by atoms with van der Waals surface area (Å²) < 4.78 is 10.6. The van der Waals surface area contributed by atoms with Crippen LogP contribution in [0, 0.1) is 5.92 Å². The molecule has 6 nitrogen and oxygen atoms in total. The Kier molecular flexibility index (Phi) is 6.01. The lowest BCUT2D eigenvalue weighted by molar-refractivity contribution is -0.127. The molecular formula is C20H28N2O4. The third-order valence-electron chi connectivity index (χ3n) is 5.37. The van der Waals surface area contributed by atoms with E-state index in [-0.39, 0.29) is 30.2 Å². The number of nitrogens with zero attached hydrogens (tertiary/aromatic N) is 1. The van der Waals surface area contributed by atoms with Gasteiger partial charge in [0, 0.05) is 25.1 Å². The van der Waals surface area contributed by atoms with E-state index in [1.54, 1.807) is 37.3 Å². The molecule has 1 aromatic rings. The first-order valence-electron chi connectivity index (χ1n) is 9.45. The maximum atomic E-state index is 12.7. The van der Waals surface area contributed by atoms with Gasteiger partial charge in [0.15, 0.2) is 0 Å². The highest BCUT2D eigenvalue weighted by Gasteiger charge is 2.37. The zero-order valence-electron chi connectivity index (χ0n) is 15.6. The SMILES string of the molecule is COc1ccc(OC)c(N2C[C@H](C(=O)NC3CCCCCC3)CC2=O)c1. The molecule has 1 atom stereocenters. The quantitative estimate of drug-likeness (QED) is 0.820. The second-order valence-electron chi connectivity index (χ2n) is 7.14. The van der Waals surface area contributed by atoms with Gasteiger partial charge < -0.3 is 19.7 Å². The molecule has 26 heavy (non-hydrogen) atoms. The fourth-order valence-electron chi connectivity index (χ4n) is 3.87. The van der Waals surface area contributed by atoms with Gasteiger partial charge in [0.25, 0.3) is 0 Å². The van der Waals surface area contributed by atoms with Gasteiger partial charge in [-0.25, -0.2) is 0 Å². The molecule has 0 radical (unpaired) electrons. The highest BCUT2D eigenvalue weighted by molar-refractivity contribution is 6.01. The normalized spacial score (nSPS) is 21.4. The van der Waals surface area contributed by atoms with Crippen molar-refractivity contribution in [1.82, 2.24) is 5.32 Å². The highest BCUT2D eigenvalue weighted by atomic mass is 16.5. The van der Waals surface area contributed by atoms with E-state index in [9.17, 15) is 9.59 Å². The summed E-state index contributed by atoms with van der Waals surface area (Å²) in [5, 5.41) is 3.17. The van der Waals surface area contributed by atoms with Crippen molar-refractivity contribution < 1.29 is 19.1 Å². The third-order valence-corrected chi connectivity index (χ3v) is 5.37. The molecular weight excluding hydrogens is 332 g/mol. The summed E-state index contributed by atoms with van der Waals surface area (Å²) in [5.74, 6) is 0.873. The number of anilines is 1. The molecule has 0 spiro atoms. The Balaban J connectivity index is 1.69. The van der Waals surface area contributed by atoms with Gasteiger partial charge >= 0.3 is 0 Å². The summed E-state index contributed by atoms with van der Waals surface area (Å²) >= 11 is 0. The van der Waals surface area contributed by atoms with Gasteiger partial charge in [0.1, 0.15) is 11.5 Å². The molecule has 1 N–H and O–H groups in total. The van der Waals surface area contributed by atoms with Crippen LogP contribution in [0.5, 0.6) is 11.5 Å². The first-order valence-corrected chi connectivity index (χ1v) is 9.45. The Hall–Kier alpha value is -2.24. The van der Waals surface area contributed by atoms with E-state index in [0.717, 1.165) is 12.8 Å². The Labute approximate surface area is 154 Å². The van der Waals surface area contributed by atoms with Crippen molar-refractivity contribution in [2.45, 2.75) is 51.0 Å².